The molecule has 0 N–H and O–H groups in total. The zero-order valence-electron chi connectivity index (χ0n) is 8.35. The third-order valence-corrected chi connectivity index (χ3v) is 4.57. The van der Waals surface area contributed by atoms with Gasteiger partial charge in [0.25, 0.3) is 0 Å². The van der Waals surface area contributed by atoms with Crippen molar-refractivity contribution in [3.05, 3.63) is 0 Å². The molecular formula is C8H20NOSi+. The molecule has 0 saturated heterocycles. The van der Waals surface area contributed by atoms with Crippen molar-refractivity contribution in [3.63, 3.8) is 0 Å². The van der Waals surface area contributed by atoms with Crippen LogP contribution in [0, 0.1) is 0 Å². The summed E-state index contributed by atoms with van der Waals surface area (Å²) in [6, 6.07) is 0. The maximum absolute atomic E-state index is 11.1. The molecule has 0 rings (SSSR count). The molecule has 0 bridgehead atoms. The van der Waals surface area contributed by atoms with E-state index in [2.05, 4.69) is 34.6 Å². The van der Waals surface area contributed by atoms with Gasteiger partial charge in [-0.25, -0.2) is 0 Å². The van der Waals surface area contributed by atoms with Gasteiger partial charge in [-0.05, 0) is 34.6 Å². The van der Waals surface area contributed by atoms with Gasteiger partial charge >= 0.3 is 9.57 Å². The van der Waals surface area contributed by atoms with Crippen molar-refractivity contribution in [1.82, 2.24) is 0 Å². The fourth-order valence-corrected chi connectivity index (χ4v) is 2.09. The number of nitrogens with zero attached hydrogens (tertiary/aromatic N) is 1. The average Bonchev–Trinajstić information content (AvgIpc) is 1.90. The van der Waals surface area contributed by atoms with Crippen LogP contribution in [0.1, 0.15) is 34.6 Å². The summed E-state index contributed by atoms with van der Waals surface area (Å²) in [7, 11) is -0.719. The summed E-state index contributed by atoms with van der Waals surface area (Å²) in [5, 5.41) is 0. The topological polar surface area (TPSA) is 17.1 Å². The van der Waals surface area contributed by atoms with Gasteiger partial charge in [0.15, 0.2) is 0 Å². The highest BCUT2D eigenvalue weighted by molar-refractivity contribution is 6.06. The van der Waals surface area contributed by atoms with Gasteiger partial charge in [-0.15, -0.1) is 0 Å². The molecule has 0 radical (unpaired) electrons. The highest BCUT2D eigenvalue weighted by atomic mass is 28.2. The zero-order chi connectivity index (χ0) is 9.12. The Kier molecular flexibility index (Phi) is 3.58. The van der Waals surface area contributed by atoms with Crippen molar-refractivity contribution in [2.45, 2.75) is 40.2 Å². The van der Waals surface area contributed by atoms with Crippen LogP contribution < -0.4 is 0 Å². The normalized spacial score (nSPS) is 13.2. The Bertz CT molecular complexity index is 136. The molecule has 0 aromatic rings. The molecule has 0 heterocycles. The SMILES string of the molecule is CC[N+](CC)([SiH]=O)C(C)(C)C. The summed E-state index contributed by atoms with van der Waals surface area (Å²) < 4.78 is 11.9. The predicted molar refractivity (Wildman–Crippen MR) is 48.9 cm³/mol. The first-order valence-electron chi connectivity index (χ1n) is 4.26. The standard InChI is InChI=1S/C8H20NOSi/c1-6-9(7-2,11-10)8(3,4)5/h11H,6-7H2,1-5H3/q+1. The van der Waals surface area contributed by atoms with E-state index in [0.29, 0.717) is 0 Å². The van der Waals surface area contributed by atoms with Crippen LogP contribution in [0.15, 0.2) is 0 Å². The number of hydrogen-bond acceptors (Lipinski definition) is 1. The second-order valence-corrected chi connectivity index (χ2v) is 5.14. The molecule has 0 saturated carbocycles. The first-order chi connectivity index (χ1) is 4.93. The maximum Gasteiger partial charge on any atom is 0.538 e. The molecule has 0 spiro atoms. The van der Waals surface area contributed by atoms with E-state index in [-0.39, 0.29) is 5.54 Å². The minimum absolute atomic E-state index is 0.126. The van der Waals surface area contributed by atoms with Crippen LogP contribution in [0.5, 0.6) is 0 Å². The predicted octanol–water partition coefficient (Wildman–Crippen LogP) is 1.34. The molecule has 2 nitrogen and oxygen atoms in total. The molecule has 0 aliphatic heterocycles. The lowest BCUT2D eigenvalue weighted by atomic mass is 10.1. The largest absolute Gasteiger partial charge is 0.538 e. The van der Waals surface area contributed by atoms with Crippen LogP contribution >= 0.6 is 0 Å². The summed E-state index contributed by atoms with van der Waals surface area (Å²) in [6.45, 7) is 12.6. The summed E-state index contributed by atoms with van der Waals surface area (Å²) in [6.07, 6.45) is 0. The Morgan fingerprint density at radius 3 is 1.55 bits per heavy atom. The van der Waals surface area contributed by atoms with Gasteiger partial charge in [0.1, 0.15) is 0 Å². The van der Waals surface area contributed by atoms with Crippen LogP contribution in [0.4, 0.5) is 0 Å². The lowest BCUT2D eigenvalue weighted by Gasteiger charge is -2.43. The Morgan fingerprint density at radius 2 is 1.55 bits per heavy atom. The molecule has 0 aliphatic rings. The van der Waals surface area contributed by atoms with E-state index in [0.717, 1.165) is 17.2 Å². The molecular weight excluding hydrogens is 154 g/mol. The van der Waals surface area contributed by atoms with Gasteiger partial charge in [0, 0.05) is 0 Å². The van der Waals surface area contributed by atoms with Gasteiger partial charge in [0.2, 0.25) is 0 Å². The molecule has 3 heteroatoms. The third kappa shape index (κ3) is 1.96. The smallest absolute Gasteiger partial charge is 0.326 e. The van der Waals surface area contributed by atoms with E-state index in [1.807, 2.05) is 0 Å². The summed E-state index contributed by atoms with van der Waals surface area (Å²) >= 11 is 0. The van der Waals surface area contributed by atoms with Crippen molar-refractivity contribution >= 4 is 9.57 Å². The molecule has 0 aromatic heterocycles. The minimum Gasteiger partial charge on any atom is -0.326 e. The second kappa shape index (κ2) is 3.58. The monoisotopic (exact) mass is 174 g/mol. The van der Waals surface area contributed by atoms with Crippen LogP contribution in [0.25, 0.3) is 0 Å². The zero-order valence-corrected chi connectivity index (χ0v) is 9.50. The Morgan fingerprint density at radius 1 is 1.18 bits per heavy atom. The van der Waals surface area contributed by atoms with Gasteiger partial charge in [-0.2, -0.15) is 0 Å². The summed E-state index contributed by atoms with van der Waals surface area (Å²) in [5.41, 5.74) is 0.126. The molecule has 66 valence electrons. The fraction of sp³-hybridized carbons (Fsp3) is 1.00. The molecule has 0 unspecified atom stereocenters. The average molecular weight is 174 g/mol. The van der Waals surface area contributed by atoms with Crippen molar-refractivity contribution < 1.29 is 8.61 Å². The van der Waals surface area contributed by atoms with E-state index in [1.165, 1.54) is 0 Å². The first kappa shape index (κ1) is 11.0. The lowest BCUT2D eigenvalue weighted by molar-refractivity contribution is -0.868. The molecule has 0 atom stereocenters. The van der Waals surface area contributed by atoms with Crippen LogP contribution in [0.2, 0.25) is 0 Å². The van der Waals surface area contributed by atoms with Gasteiger partial charge < -0.3 is 8.61 Å². The van der Waals surface area contributed by atoms with Crippen LogP contribution in [-0.2, 0) is 4.46 Å². The third-order valence-electron chi connectivity index (χ3n) is 2.67. The number of rotatable bonds is 3. The molecule has 0 fully saturated rings. The van der Waals surface area contributed by atoms with E-state index in [1.54, 1.807) is 0 Å². The fourth-order valence-electron chi connectivity index (χ4n) is 1.48. The van der Waals surface area contributed by atoms with Gasteiger partial charge in [-0.1, -0.05) is 0 Å². The maximum atomic E-state index is 11.1. The van der Waals surface area contributed by atoms with Gasteiger partial charge in [0.05, 0.1) is 18.6 Å². The molecule has 0 amide bonds. The Hall–Kier alpha value is -0.0231. The molecule has 11 heavy (non-hydrogen) atoms. The second-order valence-electron chi connectivity index (χ2n) is 3.94. The molecule has 0 aliphatic carbocycles. The van der Waals surface area contributed by atoms with Crippen molar-refractivity contribution in [2.24, 2.45) is 0 Å². The van der Waals surface area contributed by atoms with E-state index >= 15 is 0 Å². The van der Waals surface area contributed by atoms with Crippen molar-refractivity contribution in [3.8, 4) is 0 Å². The Labute approximate surface area is 72.1 Å². The Balaban J connectivity index is 4.68. The van der Waals surface area contributed by atoms with E-state index in [9.17, 15) is 4.46 Å². The van der Waals surface area contributed by atoms with Crippen molar-refractivity contribution in [1.29, 1.82) is 0 Å². The minimum atomic E-state index is -0.719. The highest BCUT2D eigenvalue weighted by Crippen LogP contribution is 2.20. The quantitative estimate of drug-likeness (QED) is 0.590. The number of quaternary nitrogens is 1. The lowest BCUT2D eigenvalue weighted by Crippen LogP contribution is -2.59. The van der Waals surface area contributed by atoms with Crippen molar-refractivity contribution in [2.75, 3.05) is 13.1 Å². The molecule has 0 aromatic carbocycles. The summed E-state index contributed by atoms with van der Waals surface area (Å²) in [5.74, 6) is 0. The van der Waals surface area contributed by atoms with Crippen LogP contribution in [-0.4, -0.2) is 32.3 Å². The van der Waals surface area contributed by atoms with E-state index < -0.39 is 9.57 Å². The number of hydrogen-bond donors (Lipinski definition) is 0. The highest BCUT2D eigenvalue weighted by Gasteiger charge is 2.36. The van der Waals surface area contributed by atoms with E-state index in [4.69, 9.17) is 0 Å². The first-order valence-corrected chi connectivity index (χ1v) is 5.25. The van der Waals surface area contributed by atoms with Gasteiger partial charge in [-0.3, -0.25) is 0 Å². The van der Waals surface area contributed by atoms with Crippen LogP contribution in [0.3, 0.4) is 0 Å². The summed E-state index contributed by atoms with van der Waals surface area (Å²) in [4.78, 5) is 0.